The Morgan fingerprint density at radius 2 is 1.88 bits per heavy atom. The summed E-state index contributed by atoms with van der Waals surface area (Å²) in [6, 6.07) is 2.25. The molecule has 1 aromatic rings. The Balaban J connectivity index is 0.00000144. The van der Waals surface area contributed by atoms with E-state index in [2.05, 4.69) is 5.32 Å². The Kier molecular flexibility index (Phi) is 5.15. The predicted molar refractivity (Wildman–Crippen MR) is 64.8 cm³/mol. The zero-order chi connectivity index (χ0) is 11.5. The third kappa shape index (κ3) is 3.07. The second-order valence-corrected chi connectivity index (χ2v) is 4.01. The number of nitrogens with one attached hydrogen (secondary N) is 1. The first-order chi connectivity index (χ1) is 7.72. The van der Waals surface area contributed by atoms with E-state index in [1.165, 1.54) is 19.2 Å². The van der Waals surface area contributed by atoms with E-state index in [4.69, 9.17) is 4.74 Å². The lowest BCUT2D eigenvalue weighted by molar-refractivity contribution is 0.375. The van der Waals surface area contributed by atoms with Crippen molar-refractivity contribution in [2.24, 2.45) is 0 Å². The Labute approximate surface area is 106 Å². The third-order valence-corrected chi connectivity index (χ3v) is 2.95. The van der Waals surface area contributed by atoms with Crippen LogP contribution < -0.4 is 10.1 Å². The topological polar surface area (TPSA) is 21.3 Å². The van der Waals surface area contributed by atoms with Gasteiger partial charge in [-0.25, -0.2) is 8.78 Å². The summed E-state index contributed by atoms with van der Waals surface area (Å²) in [4.78, 5) is 0. The lowest BCUT2D eigenvalue weighted by Gasteiger charge is -2.24. The molecule has 0 aromatic heterocycles. The lowest BCUT2D eigenvalue weighted by atomic mass is 9.96. The van der Waals surface area contributed by atoms with Crippen LogP contribution in [0.4, 0.5) is 8.78 Å². The highest BCUT2D eigenvalue weighted by Gasteiger charge is 2.22. The summed E-state index contributed by atoms with van der Waals surface area (Å²) in [5.41, 5.74) is 0.139. The molecule has 0 aliphatic carbocycles. The van der Waals surface area contributed by atoms with Crippen LogP contribution in [0.3, 0.4) is 0 Å². The quantitative estimate of drug-likeness (QED) is 0.885. The van der Waals surface area contributed by atoms with Gasteiger partial charge in [0.2, 0.25) is 0 Å². The van der Waals surface area contributed by atoms with E-state index in [9.17, 15) is 8.78 Å². The van der Waals surface area contributed by atoms with Crippen LogP contribution in [0.5, 0.6) is 5.75 Å². The molecule has 1 aromatic carbocycles. The molecular formula is C12H16ClF2NO. The average molecular weight is 264 g/mol. The van der Waals surface area contributed by atoms with Crippen LogP contribution in [0.1, 0.15) is 30.9 Å². The monoisotopic (exact) mass is 263 g/mol. The maximum Gasteiger partial charge on any atom is 0.134 e. The molecule has 1 heterocycles. The van der Waals surface area contributed by atoms with E-state index in [0.717, 1.165) is 25.8 Å². The van der Waals surface area contributed by atoms with Gasteiger partial charge in [0.25, 0.3) is 0 Å². The van der Waals surface area contributed by atoms with Gasteiger partial charge in [0.05, 0.1) is 7.11 Å². The third-order valence-electron chi connectivity index (χ3n) is 2.95. The average Bonchev–Trinajstić information content (AvgIpc) is 2.29. The molecule has 96 valence electrons. The van der Waals surface area contributed by atoms with Crippen molar-refractivity contribution in [3.63, 3.8) is 0 Å². The number of ether oxygens (including phenoxy) is 1. The minimum atomic E-state index is -0.531. The number of piperidine rings is 1. The van der Waals surface area contributed by atoms with Crippen LogP contribution in [0.25, 0.3) is 0 Å². The lowest BCUT2D eigenvalue weighted by Crippen LogP contribution is -2.28. The van der Waals surface area contributed by atoms with Crippen molar-refractivity contribution in [2.75, 3.05) is 13.7 Å². The highest BCUT2D eigenvalue weighted by Crippen LogP contribution is 2.30. The van der Waals surface area contributed by atoms with Gasteiger partial charge in [-0.1, -0.05) is 6.42 Å². The number of benzene rings is 1. The van der Waals surface area contributed by atoms with Gasteiger partial charge in [0.15, 0.2) is 0 Å². The normalized spacial score (nSPS) is 19.6. The molecular weight excluding hydrogens is 248 g/mol. The molecule has 1 saturated heterocycles. The van der Waals surface area contributed by atoms with Crippen molar-refractivity contribution in [1.82, 2.24) is 5.32 Å². The molecule has 1 N–H and O–H groups in total. The largest absolute Gasteiger partial charge is 0.497 e. The van der Waals surface area contributed by atoms with E-state index in [1.54, 1.807) is 0 Å². The minimum Gasteiger partial charge on any atom is -0.497 e. The first-order valence-electron chi connectivity index (χ1n) is 5.48. The van der Waals surface area contributed by atoms with Crippen molar-refractivity contribution in [1.29, 1.82) is 0 Å². The van der Waals surface area contributed by atoms with Crippen molar-refractivity contribution in [2.45, 2.75) is 25.3 Å². The highest BCUT2D eigenvalue weighted by molar-refractivity contribution is 5.85. The molecule has 5 heteroatoms. The molecule has 0 unspecified atom stereocenters. The van der Waals surface area contributed by atoms with Crippen LogP contribution in [0, 0.1) is 11.6 Å². The van der Waals surface area contributed by atoms with Crippen molar-refractivity contribution < 1.29 is 13.5 Å². The molecule has 0 amide bonds. The molecule has 1 aliphatic rings. The van der Waals surface area contributed by atoms with E-state index in [0.29, 0.717) is 0 Å². The van der Waals surface area contributed by atoms with Crippen molar-refractivity contribution in [3.8, 4) is 5.75 Å². The van der Waals surface area contributed by atoms with Gasteiger partial charge in [0.1, 0.15) is 17.4 Å². The molecule has 1 atom stereocenters. The number of hydrogen-bond acceptors (Lipinski definition) is 2. The SMILES string of the molecule is COc1cc(F)c([C@@H]2CCCCN2)c(F)c1.Cl. The molecule has 0 saturated carbocycles. The molecule has 2 nitrogen and oxygen atoms in total. The van der Waals surface area contributed by atoms with E-state index >= 15 is 0 Å². The van der Waals surface area contributed by atoms with Crippen molar-refractivity contribution in [3.05, 3.63) is 29.3 Å². The van der Waals surface area contributed by atoms with Crippen LogP contribution in [0.15, 0.2) is 12.1 Å². The maximum absolute atomic E-state index is 13.7. The molecule has 17 heavy (non-hydrogen) atoms. The summed E-state index contributed by atoms with van der Waals surface area (Å²) in [5.74, 6) is -0.845. The summed E-state index contributed by atoms with van der Waals surface area (Å²) in [6.45, 7) is 0.815. The molecule has 1 fully saturated rings. The highest BCUT2D eigenvalue weighted by atomic mass is 35.5. The zero-order valence-electron chi connectivity index (χ0n) is 9.63. The summed E-state index contributed by atoms with van der Waals surface area (Å²) in [7, 11) is 1.40. The molecule has 0 spiro atoms. The number of methoxy groups -OCH3 is 1. The van der Waals surface area contributed by atoms with E-state index in [-0.39, 0.29) is 29.8 Å². The first-order valence-corrected chi connectivity index (χ1v) is 5.48. The van der Waals surface area contributed by atoms with Crippen molar-refractivity contribution >= 4 is 12.4 Å². The van der Waals surface area contributed by atoms with Gasteiger partial charge in [-0.3, -0.25) is 0 Å². The van der Waals surface area contributed by atoms with Gasteiger partial charge < -0.3 is 10.1 Å². The number of rotatable bonds is 2. The fourth-order valence-electron chi connectivity index (χ4n) is 2.11. The van der Waals surface area contributed by atoms with Gasteiger partial charge in [-0.15, -0.1) is 12.4 Å². The minimum absolute atomic E-state index is 0. The first kappa shape index (κ1) is 14.2. The maximum atomic E-state index is 13.7. The summed E-state index contributed by atoms with van der Waals surface area (Å²) < 4.78 is 32.3. The summed E-state index contributed by atoms with van der Waals surface area (Å²) in [6.07, 6.45) is 2.85. The van der Waals surface area contributed by atoms with Crippen LogP contribution in [-0.4, -0.2) is 13.7 Å². The number of halogens is 3. The Hall–Kier alpha value is -0.870. The standard InChI is InChI=1S/C12H15F2NO.ClH/c1-16-8-6-9(13)12(10(14)7-8)11-4-2-3-5-15-11;/h6-7,11,15H,2-5H2,1H3;1H/t11-;/m0./s1. The molecule has 0 radical (unpaired) electrons. The van der Waals surface area contributed by atoms with Gasteiger partial charge in [-0.2, -0.15) is 0 Å². The Bertz CT molecular complexity index is 358. The second-order valence-electron chi connectivity index (χ2n) is 4.01. The van der Waals surface area contributed by atoms with Crippen LogP contribution in [0.2, 0.25) is 0 Å². The summed E-state index contributed by atoms with van der Waals surface area (Å²) in [5, 5.41) is 3.13. The summed E-state index contributed by atoms with van der Waals surface area (Å²) >= 11 is 0. The number of hydrogen-bond donors (Lipinski definition) is 1. The van der Waals surface area contributed by atoms with Gasteiger partial charge >= 0.3 is 0 Å². The fraction of sp³-hybridized carbons (Fsp3) is 0.500. The smallest absolute Gasteiger partial charge is 0.134 e. The molecule has 0 bridgehead atoms. The molecule has 1 aliphatic heterocycles. The van der Waals surface area contributed by atoms with E-state index in [1.807, 2.05) is 0 Å². The fourth-order valence-corrected chi connectivity index (χ4v) is 2.11. The van der Waals surface area contributed by atoms with E-state index < -0.39 is 11.6 Å². The zero-order valence-corrected chi connectivity index (χ0v) is 10.4. The predicted octanol–water partition coefficient (Wildman–Crippen LogP) is 3.21. The van der Waals surface area contributed by atoms with Crippen LogP contribution in [-0.2, 0) is 0 Å². The second kappa shape index (κ2) is 6.17. The van der Waals surface area contributed by atoms with Crippen LogP contribution >= 0.6 is 12.4 Å². The Morgan fingerprint density at radius 3 is 2.35 bits per heavy atom. The van der Waals surface area contributed by atoms with Gasteiger partial charge in [0, 0.05) is 23.7 Å². The van der Waals surface area contributed by atoms with Gasteiger partial charge in [-0.05, 0) is 19.4 Å². The molecule has 2 rings (SSSR count). The Morgan fingerprint density at radius 1 is 1.24 bits per heavy atom.